The van der Waals surface area contributed by atoms with Crippen LogP contribution in [0.5, 0.6) is 11.5 Å². The Labute approximate surface area is 148 Å². The van der Waals surface area contributed by atoms with Crippen LogP contribution in [0.4, 0.5) is 0 Å². The van der Waals surface area contributed by atoms with Gasteiger partial charge >= 0.3 is 0 Å². The molecule has 0 aromatic heterocycles. The van der Waals surface area contributed by atoms with Gasteiger partial charge < -0.3 is 19.9 Å². The van der Waals surface area contributed by atoms with Gasteiger partial charge in [-0.2, -0.15) is 0 Å². The summed E-state index contributed by atoms with van der Waals surface area (Å²) in [4.78, 5) is 0. The SMILES string of the molecule is COc1cccc(CNC(C)(C)CO)c1OCc1cccc(Cl)c1. The summed E-state index contributed by atoms with van der Waals surface area (Å²) in [6.07, 6.45) is 0. The molecule has 0 fully saturated rings. The molecule has 0 radical (unpaired) electrons. The first-order valence-corrected chi connectivity index (χ1v) is 8.22. The van der Waals surface area contributed by atoms with Crippen molar-refractivity contribution in [3.8, 4) is 11.5 Å². The van der Waals surface area contributed by atoms with Gasteiger partial charge in [0.2, 0.25) is 0 Å². The molecular weight excluding hydrogens is 326 g/mol. The van der Waals surface area contributed by atoms with Gasteiger partial charge in [0.15, 0.2) is 11.5 Å². The molecule has 0 aliphatic carbocycles. The highest BCUT2D eigenvalue weighted by atomic mass is 35.5. The van der Waals surface area contributed by atoms with Crippen LogP contribution < -0.4 is 14.8 Å². The molecule has 0 spiro atoms. The number of aliphatic hydroxyl groups excluding tert-OH is 1. The van der Waals surface area contributed by atoms with Crippen molar-refractivity contribution in [1.29, 1.82) is 0 Å². The van der Waals surface area contributed by atoms with Gasteiger partial charge in [0, 0.05) is 22.7 Å². The highest BCUT2D eigenvalue weighted by molar-refractivity contribution is 6.30. The summed E-state index contributed by atoms with van der Waals surface area (Å²) < 4.78 is 11.4. The predicted molar refractivity (Wildman–Crippen MR) is 96.8 cm³/mol. The van der Waals surface area contributed by atoms with E-state index in [1.54, 1.807) is 7.11 Å². The highest BCUT2D eigenvalue weighted by Gasteiger charge is 2.17. The molecule has 5 heteroatoms. The first-order valence-electron chi connectivity index (χ1n) is 7.84. The average molecular weight is 350 g/mol. The van der Waals surface area contributed by atoms with Crippen LogP contribution in [0, 0.1) is 0 Å². The minimum absolute atomic E-state index is 0.0513. The maximum atomic E-state index is 9.39. The monoisotopic (exact) mass is 349 g/mol. The van der Waals surface area contributed by atoms with E-state index in [2.05, 4.69) is 5.32 Å². The zero-order chi connectivity index (χ0) is 17.6. The molecule has 0 aliphatic rings. The highest BCUT2D eigenvalue weighted by Crippen LogP contribution is 2.32. The molecule has 0 bridgehead atoms. The Morgan fingerprint density at radius 2 is 1.92 bits per heavy atom. The molecular formula is C19H24ClNO3. The van der Waals surface area contributed by atoms with Crippen LogP contribution in [0.15, 0.2) is 42.5 Å². The van der Waals surface area contributed by atoms with Crippen LogP contribution in [0.1, 0.15) is 25.0 Å². The lowest BCUT2D eigenvalue weighted by atomic mass is 10.1. The van der Waals surface area contributed by atoms with E-state index in [1.165, 1.54) is 0 Å². The normalized spacial score (nSPS) is 11.4. The molecule has 2 rings (SSSR count). The van der Waals surface area contributed by atoms with Crippen LogP contribution in [-0.2, 0) is 13.2 Å². The van der Waals surface area contributed by atoms with Gasteiger partial charge in [0.25, 0.3) is 0 Å². The molecule has 130 valence electrons. The van der Waals surface area contributed by atoms with Crippen LogP contribution in [0.3, 0.4) is 0 Å². The van der Waals surface area contributed by atoms with Gasteiger partial charge in [-0.05, 0) is 37.6 Å². The summed E-state index contributed by atoms with van der Waals surface area (Å²) in [5, 5.41) is 13.4. The Morgan fingerprint density at radius 1 is 1.17 bits per heavy atom. The minimum Gasteiger partial charge on any atom is -0.493 e. The maximum Gasteiger partial charge on any atom is 0.166 e. The lowest BCUT2D eigenvalue weighted by molar-refractivity contribution is 0.186. The van der Waals surface area contributed by atoms with E-state index in [0.29, 0.717) is 29.7 Å². The van der Waals surface area contributed by atoms with Gasteiger partial charge in [-0.1, -0.05) is 35.9 Å². The smallest absolute Gasteiger partial charge is 0.166 e. The van der Waals surface area contributed by atoms with Crippen LogP contribution in [0.25, 0.3) is 0 Å². The molecule has 2 N–H and O–H groups in total. The molecule has 2 aromatic carbocycles. The molecule has 0 amide bonds. The molecule has 0 saturated heterocycles. The summed E-state index contributed by atoms with van der Waals surface area (Å²) in [5.41, 5.74) is 1.59. The first-order chi connectivity index (χ1) is 11.4. The summed E-state index contributed by atoms with van der Waals surface area (Å²) in [5.74, 6) is 1.37. The fourth-order valence-corrected chi connectivity index (χ4v) is 2.41. The number of aliphatic hydroxyl groups is 1. The Morgan fingerprint density at radius 3 is 2.58 bits per heavy atom. The molecule has 24 heavy (non-hydrogen) atoms. The van der Waals surface area contributed by atoms with E-state index in [0.717, 1.165) is 11.1 Å². The maximum absolute atomic E-state index is 9.39. The summed E-state index contributed by atoms with van der Waals surface area (Å²) in [6.45, 7) is 4.90. The number of nitrogens with one attached hydrogen (secondary N) is 1. The van der Waals surface area contributed by atoms with Gasteiger partial charge in [-0.15, -0.1) is 0 Å². The first kappa shape index (κ1) is 18.6. The molecule has 0 aliphatic heterocycles. The van der Waals surface area contributed by atoms with Crippen molar-refractivity contribution in [3.63, 3.8) is 0 Å². The largest absolute Gasteiger partial charge is 0.493 e. The third-order valence-corrected chi connectivity index (χ3v) is 3.94. The summed E-state index contributed by atoms with van der Waals surface area (Å²) in [7, 11) is 1.62. The number of hydrogen-bond acceptors (Lipinski definition) is 4. The number of methoxy groups -OCH3 is 1. The Hall–Kier alpha value is -1.75. The van der Waals surface area contributed by atoms with Crippen LogP contribution in [-0.4, -0.2) is 24.4 Å². The van der Waals surface area contributed by atoms with E-state index in [4.69, 9.17) is 21.1 Å². The number of hydrogen-bond donors (Lipinski definition) is 2. The van der Waals surface area contributed by atoms with E-state index in [9.17, 15) is 5.11 Å². The number of halogens is 1. The minimum atomic E-state index is -0.368. The van der Waals surface area contributed by atoms with Crippen molar-refractivity contribution in [3.05, 3.63) is 58.6 Å². The number of para-hydroxylation sites is 1. The third-order valence-electron chi connectivity index (χ3n) is 3.71. The van der Waals surface area contributed by atoms with Gasteiger partial charge in [0.1, 0.15) is 6.61 Å². The fraction of sp³-hybridized carbons (Fsp3) is 0.368. The molecule has 2 aromatic rings. The van der Waals surface area contributed by atoms with Crippen molar-refractivity contribution in [1.82, 2.24) is 5.32 Å². The molecule has 0 unspecified atom stereocenters. The van der Waals surface area contributed by atoms with Gasteiger partial charge in [0.05, 0.1) is 13.7 Å². The fourth-order valence-electron chi connectivity index (χ4n) is 2.20. The predicted octanol–water partition coefficient (Wildman–Crippen LogP) is 3.79. The zero-order valence-electron chi connectivity index (χ0n) is 14.3. The van der Waals surface area contributed by atoms with Crippen molar-refractivity contribution in [2.24, 2.45) is 0 Å². The van der Waals surface area contributed by atoms with Crippen molar-refractivity contribution in [2.45, 2.75) is 32.5 Å². The molecule has 0 atom stereocenters. The van der Waals surface area contributed by atoms with Crippen LogP contribution >= 0.6 is 11.6 Å². The lowest BCUT2D eigenvalue weighted by Gasteiger charge is -2.24. The van der Waals surface area contributed by atoms with E-state index in [-0.39, 0.29) is 12.1 Å². The summed E-state index contributed by atoms with van der Waals surface area (Å²) in [6, 6.07) is 13.4. The van der Waals surface area contributed by atoms with E-state index >= 15 is 0 Å². The zero-order valence-corrected chi connectivity index (χ0v) is 15.1. The Bertz CT molecular complexity index is 673. The quantitative estimate of drug-likeness (QED) is 0.761. The second-order valence-corrected chi connectivity index (χ2v) is 6.70. The molecule has 0 saturated carbocycles. The number of ether oxygens (including phenoxy) is 2. The van der Waals surface area contributed by atoms with Gasteiger partial charge in [-0.25, -0.2) is 0 Å². The molecule has 4 nitrogen and oxygen atoms in total. The Balaban J connectivity index is 2.17. The topological polar surface area (TPSA) is 50.7 Å². The second-order valence-electron chi connectivity index (χ2n) is 6.26. The van der Waals surface area contributed by atoms with E-state index < -0.39 is 0 Å². The van der Waals surface area contributed by atoms with Crippen molar-refractivity contribution < 1.29 is 14.6 Å². The number of benzene rings is 2. The second kappa shape index (κ2) is 8.38. The Kier molecular flexibility index (Phi) is 6.49. The number of rotatable bonds is 8. The van der Waals surface area contributed by atoms with Crippen molar-refractivity contribution >= 4 is 11.6 Å². The lowest BCUT2D eigenvalue weighted by Crippen LogP contribution is -2.42. The van der Waals surface area contributed by atoms with Crippen molar-refractivity contribution in [2.75, 3.05) is 13.7 Å². The third kappa shape index (κ3) is 5.13. The van der Waals surface area contributed by atoms with Gasteiger partial charge in [-0.3, -0.25) is 0 Å². The average Bonchev–Trinajstić information content (AvgIpc) is 2.58. The summed E-state index contributed by atoms with van der Waals surface area (Å²) >= 11 is 6.02. The van der Waals surface area contributed by atoms with Crippen LogP contribution in [0.2, 0.25) is 5.02 Å². The molecule has 0 heterocycles. The standard InChI is InChI=1S/C19H24ClNO3/c1-19(2,13-22)21-11-15-7-5-9-17(23-3)18(15)24-12-14-6-4-8-16(20)10-14/h4-10,21-22H,11-13H2,1-3H3. The van der Waals surface area contributed by atoms with E-state index in [1.807, 2.05) is 56.3 Å².